The van der Waals surface area contributed by atoms with E-state index in [2.05, 4.69) is 16.0 Å². The lowest BCUT2D eigenvalue weighted by Gasteiger charge is -2.34. The molecule has 2 aromatic rings. The Labute approximate surface area is 175 Å². The van der Waals surface area contributed by atoms with Crippen LogP contribution >= 0.6 is 0 Å². The number of aryl methyl sites for hydroxylation is 1. The van der Waals surface area contributed by atoms with Gasteiger partial charge in [0.15, 0.2) is 12.9 Å². The largest absolute Gasteiger partial charge is 0.483 e. The van der Waals surface area contributed by atoms with Crippen LogP contribution in [0.15, 0.2) is 30.3 Å². The normalized spacial score (nSPS) is 25.5. The van der Waals surface area contributed by atoms with Crippen LogP contribution < -0.4 is 20.7 Å². The summed E-state index contributed by atoms with van der Waals surface area (Å²) < 4.78 is 7.37. The molecule has 3 aliphatic rings. The molecule has 2 amide bonds. The van der Waals surface area contributed by atoms with Crippen LogP contribution in [0.3, 0.4) is 0 Å². The number of carbonyl (C=O) groups is 2. The van der Waals surface area contributed by atoms with Crippen LogP contribution in [-0.4, -0.2) is 34.2 Å². The van der Waals surface area contributed by atoms with Crippen molar-refractivity contribution in [2.75, 3.05) is 11.9 Å². The molecule has 1 aromatic carbocycles. The minimum Gasteiger partial charge on any atom is -0.483 e. The molecule has 0 bridgehead atoms. The van der Waals surface area contributed by atoms with E-state index >= 15 is 0 Å². The number of hydrogen-bond acceptors (Lipinski definition) is 5. The number of ether oxygens (including phenoxy) is 1. The van der Waals surface area contributed by atoms with Gasteiger partial charge in [0.2, 0.25) is 5.91 Å². The van der Waals surface area contributed by atoms with Gasteiger partial charge in [0.25, 0.3) is 5.91 Å². The Balaban J connectivity index is 1.31. The number of carbonyl (C=O) groups excluding carboxylic acids is 2. The molecule has 3 N–H and O–H groups in total. The van der Waals surface area contributed by atoms with Gasteiger partial charge in [-0.2, -0.15) is 5.10 Å². The van der Waals surface area contributed by atoms with E-state index in [0.29, 0.717) is 17.5 Å². The summed E-state index contributed by atoms with van der Waals surface area (Å²) in [5.41, 5.74) is 1.93. The molecule has 8 heteroatoms. The Morgan fingerprint density at radius 1 is 1.27 bits per heavy atom. The van der Waals surface area contributed by atoms with Gasteiger partial charge in [0.1, 0.15) is 11.6 Å². The van der Waals surface area contributed by atoms with Crippen molar-refractivity contribution in [1.82, 2.24) is 20.4 Å². The summed E-state index contributed by atoms with van der Waals surface area (Å²) in [6.07, 6.45) is 4.71. The highest BCUT2D eigenvalue weighted by atomic mass is 16.5. The fourth-order valence-electron chi connectivity index (χ4n) is 4.41. The zero-order valence-corrected chi connectivity index (χ0v) is 17.1. The monoisotopic (exact) mass is 409 g/mol. The molecule has 2 saturated carbocycles. The molecule has 1 aliphatic heterocycles. The van der Waals surface area contributed by atoms with E-state index in [0.717, 1.165) is 43.4 Å². The molecule has 1 aromatic heterocycles. The Hall–Kier alpha value is -2.87. The summed E-state index contributed by atoms with van der Waals surface area (Å²) in [6.45, 7) is 1.85. The lowest BCUT2D eigenvalue weighted by Crippen LogP contribution is -2.57. The molecule has 5 rings (SSSR count). The molecule has 8 nitrogen and oxygen atoms in total. The van der Waals surface area contributed by atoms with E-state index < -0.39 is 6.29 Å². The Morgan fingerprint density at radius 3 is 2.90 bits per heavy atom. The lowest BCUT2D eigenvalue weighted by molar-refractivity contribution is -0.130. The number of anilines is 1. The summed E-state index contributed by atoms with van der Waals surface area (Å²) in [5.74, 6) is 1.52. The maximum absolute atomic E-state index is 12.6. The van der Waals surface area contributed by atoms with Crippen LogP contribution in [0.4, 0.5) is 5.82 Å². The fourth-order valence-corrected chi connectivity index (χ4v) is 4.41. The number of nitrogens with one attached hydrogen (secondary N) is 3. The number of fused-ring (bicyclic) bond motifs is 1. The third-order valence-corrected chi connectivity index (χ3v) is 6.22. The van der Waals surface area contributed by atoms with E-state index in [1.807, 2.05) is 37.3 Å². The smallest absolute Gasteiger partial charge is 0.263 e. The summed E-state index contributed by atoms with van der Waals surface area (Å²) in [4.78, 5) is 25.1. The van der Waals surface area contributed by atoms with Gasteiger partial charge >= 0.3 is 0 Å². The first-order valence-corrected chi connectivity index (χ1v) is 10.7. The average Bonchev–Trinajstić information content (AvgIpc) is 3.32. The molecule has 2 aliphatic carbocycles. The third kappa shape index (κ3) is 3.79. The number of para-hydroxylation sites is 1. The van der Waals surface area contributed by atoms with E-state index in [4.69, 9.17) is 9.84 Å². The Bertz CT molecular complexity index is 967. The van der Waals surface area contributed by atoms with Crippen molar-refractivity contribution >= 4 is 17.6 Å². The number of nitrogens with zero attached hydrogens (tertiary/aromatic N) is 2. The predicted octanol–water partition coefficient (Wildman–Crippen LogP) is 2.43. The maximum atomic E-state index is 12.6. The van der Waals surface area contributed by atoms with Crippen molar-refractivity contribution in [1.29, 1.82) is 0 Å². The van der Waals surface area contributed by atoms with E-state index in [-0.39, 0.29) is 30.4 Å². The van der Waals surface area contributed by atoms with Crippen LogP contribution in [0, 0.1) is 12.8 Å². The molecule has 3 atom stereocenters. The van der Waals surface area contributed by atoms with Crippen molar-refractivity contribution in [2.45, 2.75) is 57.3 Å². The van der Waals surface area contributed by atoms with Crippen LogP contribution in [0.5, 0.6) is 5.75 Å². The zero-order chi connectivity index (χ0) is 20.7. The SMILES string of the molecule is Cc1ccccc1OCC(=O)Nc1cc(C2CC2)nn1C1NC(=O)C2CCCC2N1. The Morgan fingerprint density at radius 2 is 2.10 bits per heavy atom. The molecule has 0 spiro atoms. The first-order chi connectivity index (χ1) is 14.6. The highest BCUT2D eigenvalue weighted by Crippen LogP contribution is 2.40. The van der Waals surface area contributed by atoms with Crippen LogP contribution in [-0.2, 0) is 9.59 Å². The van der Waals surface area contributed by atoms with Gasteiger partial charge in [-0.3, -0.25) is 14.9 Å². The molecule has 1 saturated heterocycles. The summed E-state index contributed by atoms with van der Waals surface area (Å²) >= 11 is 0. The second-order valence-corrected chi connectivity index (χ2v) is 8.50. The molecular formula is C22H27N5O3. The zero-order valence-electron chi connectivity index (χ0n) is 17.1. The topological polar surface area (TPSA) is 97.3 Å². The summed E-state index contributed by atoms with van der Waals surface area (Å²) in [7, 11) is 0. The molecular weight excluding hydrogens is 382 g/mol. The van der Waals surface area contributed by atoms with Crippen molar-refractivity contribution in [2.24, 2.45) is 5.92 Å². The van der Waals surface area contributed by atoms with Crippen molar-refractivity contribution in [3.63, 3.8) is 0 Å². The average molecular weight is 409 g/mol. The Kier molecular flexibility index (Phi) is 4.94. The lowest BCUT2D eigenvalue weighted by atomic mass is 10.0. The van der Waals surface area contributed by atoms with Crippen molar-refractivity contribution in [3.05, 3.63) is 41.6 Å². The number of amides is 2. The van der Waals surface area contributed by atoms with E-state index in [1.54, 1.807) is 4.68 Å². The maximum Gasteiger partial charge on any atom is 0.263 e. The van der Waals surface area contributed by atoms with E-state index in [1.165, 1.54) is 0 Å². The van der Waals surface area contributed by atoms with Crippen LogP contribution in [0.25, 0.3) is 0 Å². The molecule has 0 radical (unpaired) electrons. The molecule has 3 fully saturated rings. The fraction of sp³-hybridized carbons (Fsp3) is 0.500. The number of rotatable bonds is 6. The minimum absolute atomic E-state index is 0.0280. The van der Waals surface area contributed by atoms with Crippen LogP contribution in [0.2, 0.25) is 0 Å². The first kappa shape index (κ1) is 19.1. The van der Waals surface area contributed by atoms with Gasteiger partial charge in [0, 0.05) is 18.0 Å². The quantitative estimate of drug-likeness (QED) is 0.681. The number of benzene rings is 1. The summed E-state index contributed by atoms with van der Waals surface area (Å²) in [5, 5.41) is 14.2. The van der Waals surface area contributed by atoms with E-state index in [9.17, 15) is 9.59 Å². The second kappa shape index (κ2) is 7.75. The molecule has 30 heavy (non-hydrogen) atoms. The predicted molar refractivity (Wildman–Crippen MR) is 111 cm³/mol. The standard InChI is InChI=1S/C22H27N5O3/c1-13-5-2-3-8-18(13)30-12-20(28)24-19-11-17(14-9-10-14)26-27(19)22-23-16-7-4-6-15(16)21(29)25-22/h2-3,5,8,11,14-16,22-23H,4,6-7,9-10,12H2,1H3,(H,24,28)(H,25,29). The van der Waals surface area contributed by atoms with Gasteiger partial charge in [-0.1, -0.05) is 24.6 Å². The van der Waals surface area contributed by atoms with Gasteiger partial charge in [-0.25, -0.2) is 4.68 Å². The first-order valence-electron chi connectivity index (χ1n) is 10.7. The summed E-state index contributed by atoms with van der Waals surface area (Å²) in [6, 6.07) is 9.67. The molecule has 158 valence electrons. The van der Waals surface area contributed by atoms with Crippen LogP contribution in [0.1, 0.15) is 55.6 Å². The van der Waals surface area contributed by atoms with Crippen molar-refractivity contribution in [3.8, 4) is 5.75 Å². The molecule has 2 heterocycles. The third-order valence-electron chi connectivity index (χ3n) is 6.22. The van der Waals surface area contributed by atoms with Gasteiger partial charge in [-0.05, 0) is 44.2 Å². The highest BCUT2D eigenvalue weighted by molar-refractivity contribution is 5.91. The van der Waals surface area contributed by atoms with Gasteiger partial charge in [-0.15, -0.1) is 0 Å². The number of hydrogen-bond donors (Lipinski definition) is 3. The second-order valence-electron chi connectivity index (χ2n) is 8.50. The molecule has 3 unspecified atom stereocenters. The minimum atomic E-state index is -0.461. The van der Waals surface area contributed by atoms with Crippen molar-refractivity contribution < 1.29 is 14.3 Å². The van der Waals surface area contributed by atoms with Gasteiger partial charge in [0.05, 0.1) is 11.6 Å². The number of aromatic nitrogens is 2. The van der Waals surface area contributed by atoms with Gasteiger partial charge < -0.3 is 15.4 Å². The highest BCUT2D eigenvalue weighted by Gasteiger charge is 2.40.